The second-order valence-corrected chi connectivity index (χ2v) is 5.72. The highest BCUT2D eigenvalue weighted by Crippen LogP contribution is 2.54. The molecule has 1 heteroatoms. The summed E-state index contributed by atoms with van der Waals surface area (Å²) in [4.78, 5) is 0. The Labute approximate surface area is 114 Å². The third-order valence-corrected chi connectivity index (χ3v) is 4.62. The van der Waals surface area contributed by atoms with Crippen LogP contribution in [0.3, 0.4) is 0 Å². The first-order valence-corrected chi connectivity index (χ1v) is 6.99. The maximum absolute atomic E-state index is 5.96. The van der Waals surface area contributed by atoms with E-state index in [1.54, 1.807) is 0 Å². The molecule has 0 nitrogen and oxygen atoms in total. The van der Waals surface area contributed by atoms with Crippen molar-refractivity contribution in [2.24, 2.45) is 5.92 Å². The normalized spacial score (nSPS) is 26.0. The molecule has 2 aromatic rings. The topological polar surface area (TPSA) is 0 Å². The van der Waals surface area contributed by atoms with Crippen LogP contribution in [-0.2, 0) is 5.41 Å². The minimum Gasteiger partial charge on any atom is -0.126 e. The summed E-state index contributed by atoms with van der Waals surface area (Å²) in [5.74, 6) is 1.43. The number of alkyl halides is 1. The molecule has 0 radical (unpaired) electrons. The summed E-state index contributed by atoms with van der Waals surface area (Å²) in [7, 11) is 0. The SMILES string of the molecule is CC1(c2ccc(-c3ccccc3)cc2)CC1CCl. The van der Waals surface area contributed by atoms with Gasteiger partial charge in [0.05, 0.1) is 0 Å². The highest BCUT2D eigenvalue weighted by atomic mass is 35.5. The molecule has 0 aromatic heterocycles. The van der Waals surface area contributed by atoms with Gasteiger partial charge in [-0.3, -0.25) is 0 Å². The highest BCUT2D eigenvalue weighted by molar-refractivity contribution is 6.18. The van der Waals surface area contributed by atoms with Crippen LogP contribution in [-0.4, -0.2) is 5.88 Å². The van der Waals surface area contributed by atoms with E-state index < -0.39 is 0 Å². The molecular formula is C17H17Cl. The van der Waals surface area contributed by atoms with E-state index in [-0.39, 0.29) is 0 Å². The molecule has 0 saturated heterocycles. The van der Waals surface area contributed by atoms with E-state index in [0.717, 1.165) is 5.88 Å². The van der Waals surface area contributed by atoms with Gasteiger partial charge in [-0.1, -0.05) is 61.5 Å². The Morgan fingerprint density at radius 1 is 1.00 bits per heavy atom. The Hall–Kier alpha value is -1.27. The summed E-state index contributed by atoms with van der Waals surface area (Å²) < 4.78 is 0. The summed E-state index contributed by atoms with van der Waals surface area (Å²) in [6, 6.07) is 19.5. The van der Waals surface area contributed by atoms with Crippen LogP contribution in [0.2, 0.25) is 0 Å². The second kappa shape index (κ2) is 4.44. The zero-order valence-corrected chi connectivity index (χ0v) is 11.3. The minimum atomic E-state index is 0.316. The first kappa shape index (κ1) is 11.8. The molecule has 1 aliphatic rings. The van der Waals surface area contributed by atoms with Gasteiger partial charge in [0.25, 0.3) is 0 Å². The lowest BCUT2D eigenvalue weighted by atomic mass is 9.93. The molecule has 92 valence electrons. The molecule has 3 rings (SSSR count). The van der Waals surface area contributed by atoms with Gasteiger partial charge in [-0.15, -0.1) is 11.6 Å². The van der Waals surface area contributed by atoms with Gasteiger partial charge in [0.2, 0.25) is 0 Å². The maximum Gasteiger partial charge on any atom is 0.0260 e. The van der Waals surface area contributed by atoms with Gasteiger partial charge in [-0.25, -0.2) is 0 Å². The second-order valence-electron chi connectivity index (χ2n) is 5.42. The number of hydrogen-bond donors (Lipinski definition) is 0. The fourth-order valence-electron chi connectivity index (χ4n) is 2.71. The fraction of sp³-hybridized carbons (Fsp3) is 0.294. The zero-order chi connectivity index (χ0) is 12.6. The predicted molar refractivity (Wildman–Crippen MR) is 78.1 cm³/mol. The van der Waals surface area contributed by atoms with E-state index in [4.69, 9.17) is 11.6 Å². The monoisotopic (exact) mass is 256 g/mol. The first-order valence-electron chi connectivity index (χ1n) is 6.46. The van der Waals surface area contributed by atoms with E-state index >= 15 is 0 Å². The molecule has 1 fully saturated rings. The Balaban J connectivity index is 1.87. The predicted octanol–water partition coefficient (Wildman–Crippen LogP) is 4.87. The van der Waals surface area contributed by atoms with Crippen molar-refractivity contribution < 1.29 is 0 Å². The van der Waals surface area contributed by atoms with Crippen LogP contribution in [0.5, 0.6) is 0 Å². The van der Waals surface area contributed by atoms with Crippen molar-refractivity contribution in [3.05, 3.63) is 60.2 Å². The van der Waals surface area contributed by atoms with Crippen molar-refractivity contribution in [1.82, 2.24) is 0 Å². The van der Waals surface area contributed by atoms with Crippen LogP contribution < -0.4 is 0 Å². The van der Waals surface area contributed by atoms with Crippen LogP contribution in [0.4, 0.5) is 0 Å². The molecule has 2 aromatic carbocycles. The van der Waals surface area contributed by atoms with Crippen molar-refractivity contribution in [1.29, 1.82) is 0 Å². The Morgan fingerprint density at radius 2 is 1.61 bits per heavy atom. The lowest BCUT2D eigenvalue weighted by Crippen LogP contribution is -2.04. The lowest BCUT2D eigenvalue weighted by molar-refractivity contribution is 0.706. The number of rotatable bonds is 3. The Morgan fingerprint density at radius 3 is 2.17 bits per heavy atom. The van der Waals surface area contributed by atoms with Gasteiger partial charge in [-0.05, 0) is 34.4 Å². The molecule has 0 spiro atoms. The maximum atomic E-state index is 5.96. The van der Waals surface area contributed by atoms with Gasteiger partial charge in [0, 0.05) is 5.88 Å². The molecule has 0 bridgehead atoms. The van der Waals surface area contributed by atoms with Crippen LogP contribution in [0.25, 0.3) is 11.1 Å². The fourth-order valence-corrected chi connectivity index (χ4v) is 3.16. The highest BCUT2D eigenvalue weighted by Gasteiger charge is 2.50. The van der Waals surface area contributed by atoms with Crippen molar-refractivity contribution in [3.8, 4) is 11.1 Å². The minimum absolute atomic E-state index is 0.316. The van der Waals surface area contributed by atoms with Crippen LogP contribution >= 0.6 is 11.6 Å². The van der Waals surface area contributed by atoms with Crippen molar-refractivity contribution in [3.63, 3.8) is 0 Å². The van der Waals surface area contributed by atoms with Gasteiger partial charge >= 0.3 is 0 Å². The summed E-state index contributed by atoms with van der Waals surface area (Å²) in [6.45, 7) is 2.32. The molecular weight excluding hydrogens is 240 g/mol. The van der Waals surface area contributed by atoms with E-state index in [2.05, 4.69) is 55.5 Å². The van der Waals surface area contributed by atoms with Crippen LogP contribution in [0.1, 0.15) is 18.9 Å². The van der Waals surface area contributed by atoms with Gasteiger partial charge in [0.15, 0.2) is 0 Å². The van der Waals surface area contributed by atoms with Gasteiger partial charge < -0.3 is 0 Å². The molecule has 18 heavy (non-hydrogen) atoms. The van der Waals surface area contributed by atoms with Gasteiger partial charge in [-0.2, -0.15) is 0 Å². The first-order chi connectivity index (χ1) is 8.74. The summed E-state index contributed by atoms with van der Waals surface area (Å²) >= 11 is 5.96. The summed E-state index contributed by atoms with van der Waals surface area (Å²) in [5, 5.41) is 0. The van der Waals surface area contributed by atoms with Crippen molar-refractivity contribution in [2.45, 2.75) is 18.8 Å². The van der Waals surface area contributed by atoms with E-state index in [1.807, 2.05) is 6.07 Å². The third-order valence-electron chi connectivity index (χ3n) is 4.25. The van der Waals surface area contributed by atoms with Gasteiger partial charge in [0.1, 0.15) is 0 Å². The summed E-state index contributed by atoms with van der Waals surface area (Å²) in [6.07, 6.45) is 1.22. The average Bonchev–Trinajstić information content (AvgIpc) is 3.13. The van der Waals surface area contributed by atoms with Crippen molar-refractivity contribution >= 4 is 11.6 Å². The van der Waals surface area contributed by atoms with Crippen LogP contribution in [0, 0.1) is 5.92 Å². The average molecular weight is 257 g/mol. The van der Waals surface area contributed by atoms with Crippen molar-refractivity contribution in [2.75, 3.05) is 5.88 Å². The standard InChI is InChI=1S/C17H17Cl/c1-17(11-16(17)12-18)15-9-7-14(8-10-15)13-5-3-2-4-6-13/h2-10,16H,11-12H2,1H3. The molecule has 0 N–H and O–H groups in total. The Bertz CT molecular complexity index is 529. The molecule has 0 amide bonds. The Kier molecular flexibility index (Phi) is 2.91. The smallest absolute Gasteiger partial charge is 0.0260 e. The molecule has 0 aliphatic heterocycles. The molecule has 1 saturated carbocycles. The van der Waals surface area contributed by atoms with E-state index in [1.165, 1.54) is 23.1 Å². The number of hydrogen-bond acceptors (Lipinski definition) is 0. The molecule has 1 aliphatic carbocycles. The third kappa shape index (κ3) is 1.95. The summed E-state index contributed by atoms with van der Waals surface area (Å²) in [5.41, 5.74) is 4.30. The number of benzene rings is 2. The van der Waals surface area contributed by atoms with Crippen LogP contribution in [0.15, 0.2) is 54.6 Å². The van der Waals surface area contributed by atoms with E-state index in [9.17, 15) is 0 Å². The quantitative estimate of drug-likeness (QED) is 0.688. The molecule has 2 unspecified atom stereocenters. The largest absolute Gasteiger partial charge is 0.126 e. The molecule has 2 atom stereocenters. The number of halogens is 1. The molecule has 0 heterocycles. The van der Waals surface area contributed by atoms with E-state index in [0.29, 0.717) is 11.3 Å². The lowest BCUT2D eigenvalue weighted by Gasteiger charge is -2.12. The zero-order valence-electron chi connectivity index (χ0n) is 10.6.